The van der Waals surface area contributed by atoms with Gasteiger partial charge in [0.2, 0.25) is 0 Å². The third-order valence-electron chi connectivity index (χ3n) is 5.81. The molecule has 0 unspecified atom stereocenters. The van der Waals surface area contributed by atoms with Crippen LogP contribution in [-0.4, -0.2) is 55.4 Å². The van der Waals surface area contributed by atoms with Gasteiger partial charge in [0.05, 0.1) is 5.52 Å². The van der Waals surface area contributed by atoms with Gasteiger partial charge in [0.25, 0.3) is 0 Å². The molecule has 1 atom stereocenters. The first-order valence-corrected chi connectivity index (χ1v) is 10.6. The highest BCUT2D eigenvalue weighted by Crippen LogP contribution is 2.42. The molecular formula is C23H23F2N5O3. The van der Waals surface area contributed by atoms with E-state index in [-0.39, 0.29) is 11.5 Å². The number of alkyl halides is 2. The van der Waals surface area contributed by atoms with E-state index in [1.165, 1.54) is 18.2 Å². The van der Waals surface area contributed by atoms with Crippen molar-refractivity contribution < 1.29 is 23.0 Å². The summed E-state index contributed by atoms with van der Waals surface area (Å²) in [6.07, 6.45) is -2.60. The third kappa shape index (κ3) is 4.47. The number of anilines is 3. The van der Waals surface area contributed by atoms with E-state index < -0.39 is 12.3 Å². The molecule has 5 rings (SSSR count). The van der Waals surface area contributed by atoms with Gasteiger partial charge in [0.1, 0.15) is 5.82 Å². The van der Waals surface area contributed by atoms with Gasteiger partial charge in [-0.3, -0.25) is 0 Å². The second kappa shape index (κ2) is 8.04. The van der Waals surface area contributed by atoms with Crippen LogP contribution in [0.1, 0.15) is 6.42 Å². The average molecular weight is 455 g/mol. The lowest BCUT2D eigenvalue weighted by molar-refractivity contribution is -0.286. The molecule has 8 nitrogen and oxygen atoms in total. The van der Waals surface area contributed by atoms with Gasteiger partial charge in [-0.15, -0.1) is 8.78 Å². The number of hydrogen-bond donors (Lipinski definition) is 2. The maximum atomic E-state index is 13.2. The molecule has 2 N–H and O–H groups in total. The van der Waals surface area contributed by atoms with E-state index in [1.807, 2.05) is 24.3 Å². The number of halogens is 2. The van der Waals surface area contributed by atoms with Crippen LogP contribution in [0, 0.1) is 0 Å². The molecule has 3 heterocycles. The van der Waals surface area contributed by atoms with Crippen LogP contribution in [0.4, 0.5) is 30.8 Å². The van der Waals surface area contributed by atoms with Crippen molar-refractivity contribution >= 4 is 34.1 Å². The fourth-order valence-corrected chi connectivity index (χ4v) is 4.06. The molecule has 0 saturated carbocycles. The lowest BCUT2D eigenvalue weighted by Gasteiger charge is -2.21. The number of nitrogens with one attached hydrogen (secondary N) is 2. The standard InChI is InChI=1S/C23H23F2N5O3/c1-29(2)17-9-10-30(13-17)21-8-3-14-11-15(4-6-18(14)28-21)26-22(31)27-16-5-7-19-20(12-16)33-23(24,25)32-19/h3-8,11-12,17H,9-10,13H2,1-2H3,(H2,26,27,31)/t17-/m1/s1. The van der Waals surface area contributed by atoms with Crippen molar-refractivity contribution in [1.82, 2.24) is 9.88 Å². The summed E-state index contributed by atoms with van der Waals surface area (Å²) in [5, 5.41) is 6.23. The SMILES string of the molecule is CN(C)[C@@H]1CCN(c2ccc3cc(NC(=O)Nc4ccc5c(c4)OC(F)(F)O5)ccc3n2)C1. The van der Waals surface area contributed by atoms with Crippen molar-refractivity contribution in [2.45, 2.75) is 18.8 Å². The summed E-state index contributed by atoms with van der Waals surface area (Å²) in [5.41, 5.74) is 1.71. The number of ether oxygens (including phenoxy) is 2. The van der Waals surface area contributed by atoms with Crippen molar-refractivity contribution in [3.05, 3.63) is 48.5 Å². The topological polar surface area (TPSA) is 79.0 Å². The molecule has 0 radical (unpaired) electrons. The van der Waals surface area contributed by atoms with Gasteiger partial charge in [0, 0.05) is 42.0 Å². The Morgan fingerprint density at radius 3 is 2.55 bits per heavy atom. The van der Waals surface area contributed by atoms with Gasteiger partial charge in [-0.2, -0.15) is 0 Å². The Morgan fingerprint density at radius 1 is 1.06 bits per heavy atom. The number of fused-ring (bicyclic) bond motifs is 2. The van der Waals surface area contributed by atoms with Gasteiger partial charge < -0.3 is 29.9 Å². The molecule has 2 aromatic carbocycles. The van der Waals surface area contributed by atoms with Crippen molar-refractivity contribution in [1.29, 1.82) is 0 Å². The smallest absolute Gasteiger partial charge is 0.395 e. The van der Waals surface area contributed by atoms with Crippen LogP contribution in [0.5, 0.6) is 11.5 Å². The second-order valence-corrected chi connectivity index (χ2v) is 8.34. The minimum atomic E-state index is -3.70. The number of amides is 2. The fraction of sp³-hybridized carbons (Fsp3) is 0.304. The zero-order valence-electron chi connectivity index (χ0n) is 18.1. The number of benzene rings is 2. The van der Waals surface area contributed by atoms with Crippen molar-refractivity contribution in [3.8, 4) is 11.5 Å². The van der Waals surface area contributed by atoms with E-state index in [4.69, 9.17) is 4.98 Å². The van der Waals surface area contributed by atoms with Gasteiger partial charge in [-0.25, -0.2) is 9.78 Å². The Bertz CT molecular complexity index is 1220. The molecule has 2 amide bonds. The van der Waals surface area contributed by atoms with Crippen molar-refractivity contribution in [2.24, 2.45) is 0 Å². The molecule has 3 aromatic rings. The Kier molecular flexibility index (Phi) is 5.16. The number of pyridine rings is 1. The lowest BCUT2D eigenvalue weighted by Crippen LogP contribution is -2.31. The lowest BCUT2D eigenvalue weighted by atomic mass is 10.2. The monoisotopic (exact) mass is 455 g/mol. The number of rotatable bonds is 4. The fourth-order valence-electron chi connectivity index (χ4n) is 4.06. The first kappa shape index (κ1) is 21.2. The predicted octanol–water partition coefficient (Wildman–Crippen LogP) is 4.34. The molecule has 33 heavy (non-hydrogen) atoms. The van der Waals surface area contributed by atoms with Gasteiger partial charge in [0.15, 0.2) is 11.5 Å². The molecule has 10 heteroatoms. The summed E-state index contributed by atoms with van der Waals surface area (Å²) in [6.45, 7) is 1.92. The van der Waals surface area contributed by atoms with Crippen LogP contribution >= 0.6 is 0 Å². The largest absolute Gasteiger partial charge is 0.586 e. The van der Waals surface area contributed by atoms with Crippen molar-refractivity contribution in [3.63, 3.8) is 0 Å². The quantitative estimate of drug-likeness (QED) is 0.609. The minimum Gasteiger partial charge on any atom is -0.395 e. The first-order chi connectivity index (χ1) is 15.8. The Labute approximate surface area is 189 Å². The normalized spacial score (nSPS) is 18.7. The van der Waals surface area contributed by atoms with Crippen molar-refractivity contribution in [2.75, 3.05) is 42.7 Å². The third-order valence-corrected chi connectivity index (χ3v) is 5.81. The highest BCUT2D eigenvalue weighted by molar-refractivity contribution is 6.01. The summed E-state index contributed by atoms with van der Waals surface area (Å²) in [6, 6.07) is 13.5. The predicted molar refractivity (Wildman–Crippen MR) is 121 cm³/mol. The first-order valence-electron chi connectivity index (χ1n) is 10.6. The average Bonchev–Trinajstić information content (AvgIpc) is 3.36. The molecule has 2 aliphatic rings. The number of carbonyl (C=O) groups is 1. The van der Waals surface area contributed by atoms with Gasteiger partial charge >= 0.3 is 12.3 Å². The summed E-state index contributed by atoms with van der Waals surface area (Å²) in [7, 11) is 4.19. The van der Waals surface area contributed by atoms with E-state index in [0.29, 0.717) is 17.4 Å². The van der Waals surface area contributed by atoms with E-state index in [0.717, 1.165) is 36.2 Å². The van der Waals surface area contributed by atoms with Gasteiger partial charge in [-0.1, -0.05) is 0 Å². The number of aromatic nitrogens is 1. The maximum absolute atomic E-state index is 13.2. The van der Waals surface area contributed by atoms with E-state index in [9.17, 15) is 13.6 Å². The van der Waals surface area contributed by atoms with E-state index in [1.54, 1.807) is 6.07 Å². The molecular weight excluding hydrogens is 432 g/mol. The summed E-state index contributed by atoms with van der Waals surface area (Å²) in [4.78, 5) is 21.7. The van der Waals surface area contributed by atoms with Crippen LogP contribution in [0.15, 0.2) is 48.5 Å². The van der Waals surface area contributed by atoms with E-state index in [2.05, 4.69) is 44.0 Å². The van der Waals surface area contributed by atoms with Gasteiger partial charge in [-0.05, 0) is 63.0 Å². The molecule has 0 bridgehead atoms. The van der Waals surface area contributed by atoms with Crippen LogP contribution in [0.25, 0.3) is 10.9 Å². The highest BCUT2D eigenvalue weighted by Gasteiger charge is 2.43. The Hall–Kier alpha value is -3.66. The van der Waals surface area contributed by atoms with Crippen LogP contribution < -0.4 is 25.0 Å². The van der Waals surface area contributed by atoms with E-state index >= 15 is 0 Å². The Balaban J connectivity index is 1.25. The molecule has 0 spiro atoms. The van der Waals surface area contributed by atoms with Crippen LogP contribution in [0.2, 0.25) is 0 Å². The number of carbonyl (C=O) groups excluding carboxylic acids is 1. The summed E-state index contributed by atoms with van der Waals surface area (Å²) >= 11 is 0. The molecule has 1 fully saturated rings. The molecule has 1 saturated heterocycles. The number of likely N-dealkylation sites (N-methyl/N-ethyl adjacent to an activating group) is 1. The zero-order valence-corrected chi connectivity index (χ0v) is 18.1. The molecule has 2 aliphatic heterocycles. The molecule has 0 aliphatic carbocycles. The number of urea groups is 1. The zero-order chi connectivity index (χ0) is 23.2. The second-order valence-electron chi connectivity index (χ2n) is 8.34. The summed E-state index contributed by atoms with van der Waals surface area (Å²) < 4.78 is 35.1. The minimum absolute atomic E-state index is 0.0847. The van der Waals surface area contributed by atoms with Crippen LogP contribution in [-0.2, 0) is 0 Å². The molecule has 1 aromatic heterocycles. The number of nitrogens with zero attached hydrogens (tertiary/aromatic N) is 3. The summed E-state index contributed by atoms with van der Waals surface area (Å²) in [5.74, 6) is 0.720. The Morgan fingerprint density at radius 2 is 1.79 bits per heavy atom. The number of hydrogen-bond acceptors (Lipinski definition) is 6. The molecule has 172 valence electrons. The maximum Gasteiger partial charge on any atom is 0.586 e. The highest BCUT2D eigenvalue weighted by atomic mass is 19.3. The van der Waals surface area contributed by atoms with Crippen LogP contribution in [0.3, 0.4) is 0 Å².